The van der Waals surface area contributed by atoms with E-state index in [1.807, 2.05) is 42.2 Å². The van der Waals surface area contributed by atoms with Crippen molar-refractivity contribution in [1.29, 1.82) is 0 Å². The molecule has 2 aromatic rings. The molecule has 25 heavy (non-hydrogen) atoms. The molecule has 2 aliphatic heterocycles. The number of carbonyl (C=O) groups is 2. The van der Waals surface area contributed by atoms with Gasteiger partial charge in [-0.25, -0.2) is 0 Å². The second-order valence-corrected chi connectivity index (χ2v) is 8.58. The third-order valence-corrected chi connectivity index (χ3v) is 7.02. The Morgan fingerprint density at radius 3 is 2.96 bits per heavy atom. The Bertz CT molecular complexity index is 815. The van der Waals surface area contributed by atoms with E-state index in [9.17, 15) is 9.59 Å². The topological polar surface area (TPSA) is 53.8 Å². The number of thioether (sulfide) groups is 1. The van der Waals surface area contributed by atoms with Gasteiger partial charge in [0.1, 0.15) is 17.4 Å². The van der Waals surface area contributed by atoms with Gasteiger partial charge in [-0.3, -0.25) is 9.59 Å². The molecule has 0 saturated carbocycles. The minimum Gasteiger partial charge on any atom is -0.459 e. The molecule has 5 nitrogen and oxygen atoms in total. The highest BCUT2D eigenvalue weighted by Crippen LogP contribution is 2.47. The Morgan fingerprint density at radius 2 is 2.20 bits per heavy atom. The van der Waals surface area contributed by atoms with Crippen LogP contribution in [0.2, 0.25) is 0 Å². The van der Waals surface area contributed by atoms with Crippen LogP contribution in [0.4, 0.5) is 0 Å². The van der Waals surface area contributed by atoms with E-state index in [0.717, 1.165) is 23.2 Å². The lowest BCUT2D eigenvalue weighted by molar-refractivity contribution is -0.144. The molecule has 0 spiro atoms. The molecule has 132 valence electrons. The SMILES string of the molecule is C[C@H](c1cc2ccccc2o1)N(C)C(=O)[C@@H]1CS[C@@]2(C)CCC(=O)N12. The monoisotopic (exact) mass is 358 g/mol. The van der Waals surface area contributed by atoms with Crippen molar-refractivity contribution in [3.63, 3.8) is 0 Å². The van der Waals surface area contributed by atoms with Gasteiger partial charge >= 0.3 is 0 Å². The first-order valence-corrected chi connectivity index (χ1v) is 9.60. The Balaban J connectivity index is 1.56. The zero-order valence-electron chi connectivity index (χ0n) is 14.7. The summed E-state index contributed by atoms with van der Waals surface area (Å²) in [5.41, 5.74) is 0.823. The number of hydrogen-bond acceptors (Lipinski definition) is 4. The predicted octanol–water partition coefficient (Wildman–Crippen LogP) is 3.41. The van der Waals surface area contributed by atoms with E-state index in [1.54, 1.807) is 23.7 Å². The lowest BCUT2D eigenvalue weighted by Gasteiger charge is -2.33. The summed E-state index contributed by atoms with van der Waals surface area (Å²) in [4.78, 5) is 28.7. The van der Waals surface area contributed by atoms with Crippen LogP contribution in [-0.2, 0) is 9.59 Å². The number of carbonyl (C=O) groups excluding carboxylic acids is 2. The molecule has 2 fully saturated rings. The third kappa shape index (κ3) is 2.54. The van der Waals surface area contributed by atoms with Crippen LogP contribution >= 0.6 is 11.8 Å². The number of fused-ring (bicyclic) bond motifs is 2. The molecule has 3 heterocycles. The number of para-hydroxylation sites is 1. The summed E-state index contributed by atoms with van der Waals surface area (Å²) >= 11 is 1.72. The zero-order valence-corrected chi connectivity index (χ0v) is 15.5. The minimum atomic E-state index is -0.373. The molecule has 2 amide bonds. The number of nitrogens with zero attached hydrogens (tertiary/aromatic N) is 2. The smallest absolute Gasteiger partial charge is 0.246 e. The summed E-state index contributed by atoms with van der Waals surface area (Å²) in [6.07, 6.45) is 1.36. The van der Waals surface area contributed by atoms with E-state index in [2.05, 4.69) is 6.92 Å². The van der Waals surface area contributed by atoms with Crippen LogP contribution < -0.4 is 0 Å². The first-order valence-electron chi connectivity index (χ1n) is 8.62. The van der Waals surface area contributed by atoms with Gasteiger partial charge in [0.25, 0.3) is 0 Å². The zero-order chi connectivity index (χ0) is 17.8. The van der Waals surface area contributed by atoms with Crippen LogP contribution in [-0.4, -0.2) is 45.3 Å². The average molecular weight is 358 g/mol. The summed E-state index contributed by atoms with van der Waals surface area (Å²) < 4.78 is 5.91. The summed E-state index contributed by atoms with van der Waals surface area (Å²) in [5, 5.41) is 1.03. The molecule has 0 N–H and O–H groups in total. The number of benzene rings is 1. The van der Waals surface area contributed by atoms with Crippen LogP contribution in [0.25, 0.3) is 11.0 Å². The number of likely N-dealkylation sites (N-methyl/N-ethyl adjacent to an activating group) is 1. The van der Waals surface area contributed by atoms with Crippen LogP contribution in [0.1, 0.15) is 38.5 Å². The Labute approximate surface area is 151 Å². The summed E-state index contributed by atoms with van der Waals surface area (Å²) in [5.74, 6) is 1.51. The van der Waals surface area contributed by atoms with Gasteiger partial charge in [-0.2, -0.15) is 0 Å². The number of furan rings is 1. The lowest BCUT2D eigenvalue weighted by atomic mass is 10.1. The maximum atomic E-state index is 13.1. The summed E-state index contributed by atoms with van der Waals surface area (Å²) in [7, 11) is 1.79. The predicted molar refractivity (Wildman–Crippen MR) is 98.1 cm³/mol. The molecule has 1 aromatic heterocycles. The molecule has 0 radical (unpaired) electrons. The average Bonchev–Trinajstić information content (AvgIpc) is 3.26. The van der Waals surface area contributed by atoms with Crippen molar-refractivity contribution in [1.82, 2.24) is 9.80 Å². The fraction of sp³-hybridized carbons (Fsp3) is 0.474. The summed E-state index contributed by atoms with van der Waals surface area (Å²) in [6.45, 7) is 4.03. The van der Waals surface area contributed by atoms with Crippen LogP contribution in [0.3, 0.4) is 0 Å². The number of amides is 2. The van der Waals surface area contributed by atoms with E-state index in [4.69, 9.17) is 4.42 Å². The molecule has 4 rings (SSSR count). The molecule has 1 aromatic carbocycles. The molecule has 0 aliphatic carbocycles. The molecule has 0 unspecified atom stereocenters. The standard InChI is InChI=1S/C19H22N2O3S/c1-12(16-10-13-6-4-5-7-15(13)24-16)20(3)18(23)14-11-25-19(2)9-8-17(22)21(14)19/h4-7,10,12,14H,8-9,11H2,1-3H3/t12-,14+,19+/m1/s1. The highest BCUT2D eigenvalue weighted by molar-refractivity contribution is 8.01. The fourth-order valence-corrected chi connectivity index (χ4v) is 5.25. The van der Waals surface area contributed by atoms with Gasteiger partial charge in [0.2, 0.25) is 11.8 Å². The number of hydrogen-bond donors (Lipinski definition) is 0. The lowest BCUT2D eigenvalue weighted by Crippen LogP contribution is -2.50. The second kappa shape index (κ2) is 5.80. The first kappa shape index (κ1) is 16.5. The molecule has 6 heteroatoms. The normalized spacial score (nSPS) is 26.9. The molecular formula is C19H22N2O3S. The number of rotatable bonds is 3. The first-order chi connectivity index (χ1) is 11.9. The van der Waals surface area contributed by atoms with Gasteiger partial charge < -0.3 is 14.2 Å². The van der Waals surface area contributed by atoms with Crippen molar-refractivity contribution >= 4 is 34.5 Å². The van der Waals surface area contributed by atoms with Crippen LogP contribution in [0, 0.1) is 0 Å². The van der Waals surface area contributed by atoms with Gasteiger partial charge in [-0.15, -0.1) is 11.8 Å². The van der Waals surface area contributed by atoms with Crippen LogP contribution in [0.15, 0.2) is 34.7 Å². The van der Waals surface area contributed by atoms with Gasteiger partial charge in [0.15, 0.2) is 0 Å². The fourth-order valence-electron chi connectivity index (χ4n) is 3.83. The van der Waals surface area contributed by atoms with E-state index in [0.29, 0.717) is 12.2 Å². The molecule has 2 saturated heterocycles. The van der Waals surface area contributed by atoms with Gasteiger partial charge in [-0.05, 0) is 32.4 Å². The van der Waals surface area contributed by atoms with Crippen molar-refractivity contribution in [2.24, 2.45) is 0 Å². The second-order valence-electron chi connectivity index (χ2n) is 7.08. The minimum absolute atomic E-state index is 0.0144. The Hall–Kier alpha value is -1.95. The van der Waals surface area contributed by atoms with Gasteiger partial charge in [-0.1, -0.05) is 18.2 Å². The van der Waals surface area contributed by atoms with Crippen molar-refractivity contribution in [3.8, 4) is 0 Å². The van der Waals surface area contributed by atoms with Crippen LogP contribution in [0.5, 0.6) is 0 Å². The highest BCUT2D eigenvalue weighted by atomic mass is 32.2. The van der Waals surface area contributed by atoms with Crippen molar-refractivity contribution < 1.29 is 14.0 Å². The largest absolute Gasteiger partial charge is 0.459 e. The van der Waals surface area contributed by atoms with E-state index in [-0.39, 0.29) is 28.8 Å². The van der Waals surface area contributed by atoms with Crippen molar-refractivity contribution in [2.75, 3.05) is 12.8 Å². The maximum Gasteiger partial charge on any atom is 0.246 e. The maximum absolute atomic E-state index is 13.1. The molecule has 2 aliphatic rings. The highest BCUT2D eigenvalue weighted by Gasteiger charge is 2.53. The van der Waals surface area contributed by atoms with Crippen molar-refractivity contribution in [2.45, 2.75) is 43.6 Å². The third-order valence-electron chi connectivity index (χ3n) is 5.51. The quantitative estimate of drug-likeness (QED) is 0.844. The Morgan fingerprint density at radius 1 is 1.44 bits per heavy atom. The summed E-state index contributed by atoms with van der Waals surface area (Å²) in [6, 6.07) is 9.25. The van der Waals surface area contributed by atoms with Gasteiger partial charge in [0, 0.05) is 24.6 Å². The van der Waals surface area contributed by atoms with E-state index >= 15 is 0 Å². The van der Waals surface area contributed by atoms with E-state index in [1.165, 1.54) is 0 Å². The van der Waals surface area contributed by atoms with Crippen molar-refractivity contribution in [3.05, 3.63) is 36.1 Å². The van der Waals surface area contributed by atoms with Gasteiger partial charge in [0.05, 0.1) is 10.9 Å². The molecular weight excluding hydrogens is 336 g/mol. The molecule has 0 bridgehead atoms. The Kier molecular flexibility index (Phi) is 3.83. The molecule has 3 atom stereocenters. The van der Waals surface area contributed by atoms with E-state index < -0.39 is 0 Å².